The summed E-state index contributed by atoms with van der Waals surface area (Å²) in [5, 5.41) is 3.53. The van der Waals surface area contributed by atoms with Crippen LogP contribution in [0.4, 0.5) is 11.4 Å². The Hall–Kier alpha value is -1.20. The molecule has 2 rings (SSSR count). The number of anilines is 2. The number of amides is 1. The summed E-state index contributed by atoms with van der Waals surface area (Å²) in [7, 11) is 0. The number of nitrogens with zero attached hydrogens (tertiary/aromatic N) is 1. The fraction of sp³-hybridized carbons (Fsp3) is 0.500. The number of para-hydroxylation sites is 2. The third-order valence-electron chi connectivity index (χ3n) is 3.28. The molecule has 1 aromatic carbocycles. The molecule has 1 atom stereocenters. The van der Waals surface area contributed by atoms with Gasteiger partial charge in [-0.05, 0) is 18.6 Å². The van der Waals surface area contributed by atoms with E-state index in [9.17, 15) is 4.79 Å². The fourth-order valence-corrected chi connectivity index (χ4v) is 3.42. The number of carbonyl (C=O) groups excluding carboxylic acids is 1. The molecule has 0 bridgehead atoms. The van der Waals surface area contributed by atoms with E-state index >= 15 is 0 Å². The normalized spacial score (nSPS) is 20.2. The first-order valence-corrected chi connectivity index (χ1v) is 7.72. The van der Waals surface area contributed by atoms with Gasteiger partial charge in [-0.1, -0.05) is 19.1 Å². The number of hydrogen-bond acceptors (Lipinski definition) is 4. The molecule has 1 aliphatic heterocycles. The maximum atomic E-state index is 12.0. The summed E-state index contributed by atoms with van der Waals surface area (Å²) in [4.78, 5) is 14.2. The molecule has 0 saturated carbocycles. The van der Waals surface area contributed by atoms with Crippen LogP contribution in [0.5, 0.6) is 0 Å². The number of hydrogen-bond donors (Lipinski definition) is 2. The SMILES string of the molecule is CCC1CN(CC(=O)Nc2ccccc2N)CCS1. The summed E-state index contributed by atoms with van der Waals surface area (Å²) in [6.07, 6.45) is 1.16. The highest BCUT2D eigenvalue weighted by Crippen LogP contribution is 2.21. The standard InChI is InChI=1S/C14H21N3OS/c1-2-11-9-17(7-8-19-11)10-14(18)16-13-6-4-3-5-12(13)15/h3-6,11H,2,7-10,15H2,1H3,(H,16,18). The Bertz CT molecular complexity index is 438. The summed E-state index contributed by atoms with van der Waals surface area (Å²) in [6, 6.07) is 7.35. The highest BCUT2D eigenvalue weighted by molar-refractivity contribution is 8.00. The van der Waals surface area contributed by atoms with Crippen LogP contribution < -0.4 is 11.1 Å². The molecule has 0 aliphatic carbocycles. The molecule has 1 amide bonds. The predicted molar refractivity (Wildman–Crippen MR) is 82.5 cm³/mol. The zero-order valence-electron chi connectivity index (χ0n) is 11.3. The summed E-state index contributed by atoms with van der Waals surface area (Å²) in [5.74, 6) is 1.12. The van der Waals surface area contributed by atoms with Crippen molar-refractivity contribution in [2.45, 2.75) is 18.6 Å². The van der Waals surface area contributed by atoms with E-state index < -0.39 is 0 Å². The van der Waals surface area contributed by atoms with Crippen molar-refractivity contribution in [1.82, 2.24) is 4.90 Å². The number of thioether (sulfide) groups is 1. The lowest BCUT2D eigenvalue weighted by atomic mass is 10.2. The molecular formula is C14H21N3OS. The molecule has 0 spiro atoms. The molecule has 1 fully saturated rings. The number of carbonyl (C=O) groups is 1. The zero-order valence-corrected chi connectivity index (χ0v) is 12.1. The second-order valence-corrected chi connectivity index (χ2v) is 6.18. The minimum atomic E-state index is 0.0136. The van der Waals surface area contributed by atoms with Gasteiger partial charge in [0.2, 0.25) is 5.91 Å². The lowest BCUT2D eigenvalue weighted by molar-refractivity contribution is -0.117. The van der Waals surface area contributed by atoms with Crippen molar-refractivity contribution in [3.8, 4) is 0 Å². The van der Waals surface area contributed by atoms with Crippen LogP contribution in [-0.2, 0) is 4.79 Å². The molecule has 1 aromatic rings. The molecule has 3 N–H and O–H groups in total. The maximum Gasteiger partial charge on any atom is 0.238 e. The smallest absolute Gasteiger partial charge is 0.238 e. The number of nitrogen functional groups attached to an aromatic ring is 1. The summed E-state index contributed by atoms with van der Waals surface area (Å²) in [5.41, 5.74) is 7.12. The minimum absolute atomic E-state index is 0.0136. The molecule has 104 valence electrons. The van der Waals surface area contributed by atoms with Crippen molar-refractivity contribution >= 4 is 29.0 Å². The van der Waals surface area contributed by atoms with E-state index in [0.29, 0.717) is 23.2 Å². The lowest BCUT2D eigenvalue weighted by Gasteiger charge is -2.31. The van der Waals surface area contributed by atoms with Gasteiger partial charge in [0.1, 0.15) is 0 Å². The van der Waals surface area contributed by atoms with Crippen molar-refractivity contribution < 1.29 is 4.79 Å². The maximum absolute atomic E-state index is 12.0. The van der Waals surface area contributed by atoms with E-state index in [0.717, 1.165) is 25.3 Å². The first-order valence-electron chi connectivity index (χ1n) is 6.67. The fourth-order valence-electron chi connectivity index (χ4n) is 2.17. The monoisotopic (exact) mass is 279 g/mol. The van der Waals surface area contributed by atoms with Crippen LogP contribution in [0.25, 0.3) is 0 Å². The zero-order chi connectivity index (χ0) is 13.7. The molecule has 19 heavy (non-hydrogen) atoms. The predicted octanol–water partition coefficient (Wildman–Crippen LogP) is 2.03. The topological polar surface area (TPSA) is 58.4 Å². The van der Waals surface area contributed by atoms with E-state index in [1.165, 1.54) is 0 Å². The Labute approximate surface area is 118 Å². The van der Waals surface area contributed by atoms with Gasteiger partial charge in [-0.25, -0.2) is 0 Å². The van der Waals surface area contributed by atoms with Crippen molar-refractivity contribution in [1.29, 1.82) is 0 Å². The van der Waals surface area contributed by atoms with Gasteiger partial charge < -0.3 is 11.1 Å². The van der Waals surface area contributed by atoms with Gasteiger partial charge in [0.25, 0.3) is 0 Å². The molecule has 1 heterocycles. The van der Waals surface area contributed by atoms with E-state index in [1.807, 2.05) is 30.0 Å². The van der Waals surface area contributed by atoms with Gasteiger partial charge in [-0.15, -0.1) is 0 Å². The van der Waals surface area contributed by atoms with Crippen LogP contribution in [0.2, 0.25) is 0 Å². The molecule has 1 aliphatic rings. The average molecular weight is 279 g/mol. The van der Waals surface area contributed by atoms with Crippen molar-refractivity contribution in [3.63, 3.8) is 0 Å². The van der Waals surface area contributed by atoms with Gasteiger partial charge in [-0.2, -0.15) is 11.8 Å². The second kappa shape index (κ2) is 6.82. The first-order chi connectivity index (χ1) is 9.19. The highest BCUT2D eigenvalue weighted by Gasteiger charge is 2.20. The minimum Gasteiger partial charge on any atom is -0.397 e. The van der Waals surface area contributed by atoms with E-state index in [2.05, 4.69) is 17.1 Å². The van der Waals surface area contributed by atoms with E-state index in [1.54, 1.807) is 6.07 Å². The van der Waals surface area contributed by atoms with E-state index in [4.69, 9.17) is 5.73 Å². The quantitative estimate of drug-likeness (QED) is 0.828. The lowest BCUT2D eigenvalue weighted by Crippen LogP contribution is -2.42. The number of nitrogens with one attached hydrogen (secondary N) is 1. The molecule has 0 radical (unpaired) electrons. The Kier molecular flexibility index (Phi) is 5.10. The first kappa shape index (κ1) is 14.2. The molecule has 1 unspecified atom stereocenters. The number of nitrogens with two attached hydrogens (primary N) is 1. The van der Waals surface area contributed by atoms with Crippen LogP contribution >= 0.6 is 11.8 Å². The van der Waals surface area contributed by atoms with Gasteiger partial charge in [-0.3, -0.25) is 9.69 Å². The van der Waals surface area contributed by atoms with Crippen molar-refractivity contribution in [3.05, 3.63) is 24.3 Å². The largest absolute Gasteiger partial charge is 0.397 e. The van der Waals surface area contributed by atoms with Gasteiger partial charge in [0.15, 0.2) is 0 Å². The van der Waals surface area contributed by atoms with Crippen LogP contribution in [0.3, 0.4) is 0 Å². The molecule has 1 saturated heterocycles. The Morgan fingerprint density at radius 1 is 1.53 bits per heavy atom. The van der Waals surface area contributed by atoms with Crippen molar-refractivity contribution in [2.24, 2.45) is 0 Å². The van der Waals surface area contributed by atoms with Crippen LogP contribution in [0.1, 0.15) is 13.3 Å². The molecule has 0 aromatic heterocycles. The third kappa shape index (κ3) is 4.14. The van der Waals surface area contributed by atoms with E-state index in [-0.39, 0.29) is 5.91 Å². The van der Waals surface area contributed by atoms with Gasteiger partial charge >= 0.3 is 0 Å². The van der Waals surface area contributed by atoms with Gasteiger partial charge in [0, 0.05) is 24.1 Å². The second-order valence-electron chi connectivity index (χ2n) is 4.77. The Balaban J connectivity index is 1.86. The van der Waals surface area contributed by atoms with Crippen LogP contribution in [-0.4, -0.2) is 41.4 Å². The summed E-state index contributed by atoms with van der Waals surface area (Å²) in [6.45, 7) is 4.63. The van der Waals surface area contributed by atoms with Gasteiger partial charge in [0.05, 0.1) is 17.9 Å². The molecule has 5 heteroatoms. The van der Waals surface area contributed by atoms with Crippen LogP contribution in [0.15, 0.2) is 24.3 Å². The third-order valence-corrected chi connectivity index (χ3v) is 4.65. The van der Waals surface area contributed by atoms with Crippen molar-refractivity contribution in [2.75, 3.05) is 36.4 Å². The Morgan fingerprint density at radius 2 is 2.32 bits per heavy atom. The number of rotatable bonds is 4. The average Bonchev–Trinajstić information content (AvgIpc) is 2.41. The summed E-state index contributed by atoms with van der Waals surface area (Å²) >= 11 is 2.01. The Morgan fingerprint density at radius 3 is 3.05 bits per heavy atom. The van der Waals surface area contributed by atoms with Crippen LogP contribution in [0, 0.1) is 0 Å². The summed E-state index contributed by atoms with van der Waals surface area (Å²) < 4.78 is 0. The number of benzene rings is 1. The molecule has 4 nitrogen and oxygen atoms in total. The molecular weight excluding hydrogens is 258 g/mol. The highest BCUT2D eigenvalue weighted by atomic mass is 32.2.